The van der Waals surface area contributed by atoms with E-state index in [4.69, 9.17) is 5.73 Å². The number of carbonyl (C=O) groups is 1. The van der Waals surface area contributed by atoms with Crippen LogP contribution in [0.3, 0.4) is 0 Å². The lowest BCUT2D eigenvalue weighted by Crippen LogP contribution is -2.55. The lowest BCUT2D eigenvalue weighted by atomic mass is 9.79. The molecule has 4 nitrogen and oxygen atoms in total. The SMILES string of the molecule is NC1(C(=O)O)CCCC(N2CC3CCCC3C2)C1. The molecular weight excluding hydrogens is 228 g/mol. The lowest BCUT2D eigenvalue weighted by Gasteiger charge is -2.39. The van der Waals surface area contributed by atoms with Crippen LogP contribution in [-0.2, 0) is 4.79 Å². The highest BCUT2D eigenvalue weighted by Gasteiger charge is 2.44. The van der Waals surface area contributed by atoms with Gasteiger partial charge in [0.1, 0.15) is 5.54 Å². The van der Waals surface area contributed by atoms with Crippen molar-refractivity contribution in [2.45, 2.75) is 56.5 Å². The summed E-state index contributed by atoms with van der Waals surface area (Å²) < 4.78 is 0. The van der Waals surface area contributed by atoms with Crippen molar-refractivity contribution in [1.29, 1.82) is 0 Å². The van der Waals surface area contributed by atoms with Crippen LogP contribution < -0.4 is 5.73 Å². The van der Waals surface area contributed by atoms with Crippen LogP contribution in [0, 0.1) is 11.8 Å². The first-order valence-corrected chi connectivity index (χ1v) is 7.35. The number of carboxylic acids is 1. The summed E-state index contributed by atoms with van der Waals surface area (Å²) in [6, 6.07) is 0.408. The molecule has 0 spiro atoms. The van der Waals surface area contributed by atoms with Crippen LogP contribution in [0.4, 0.5) is 0 Å². The van der Waals surface area contributed by atoms with E-state index in [1.165, 1.54) is 32.4 Å². The lowest BCUT2D eigenvalue weighted by molar-refractivity contribution is -0.145. The molecule has 0 amide bonds. The third-order valence-electron chi connectivity index (χ3n) is 5.46. The van der Waals surface area contributed by atoms with Gasteiger partial charge in [-0.15, -0.1) is 0 Å². The molecule has 2 aliphatic carbocycles. The van der Waals surface area contributed by atoms with Crippen LogP contribution >= 0.6 is 0 Å². The number of nitrogens with two attached hydrogens (primary N) is 1. The van der Waals surface area contributed by atoms with Crippen molar-refractivity contribution in [3.63, 3.8) is 0 Å². The molecular formula is C14H24N2O2. The molecule has 1 saturated heterocycles. The van der Waals surface area contributed by atoms with Crippen molar-refractivity contribution in [2.75, 3.05) is 13.1 Å². The molecule has 4 unspecified atom stereocenters. The van der Waals surface area contributed by atoms with Crippen LogP contribution in [0.2, 0.25) is 0 Å². The zero-order valence-electron chi connectivity index (χ0n) is 11.0. The zero-order valence-corrected chi connectivity index (χ0v) is 11.0. The van der Waals surface area contributed by atoms with Gasteiger partial charge in [0.15, 0.2) is 0 Å². The summed E-state index contributed by atoms with van der Waals surface area (Å²) >= 11 is 0. The number of nitrogens with zero attached hydrogens (tertiary/aromatic N) is 1. The molecule has 0 aromatic carbocycles. The van der Waals surface area contributed by atoms with E-state index in [1.807, 2.05) is 0 Å². The second-order valence-corrected chi connectivity index (χ2v) is 6.62. The van der Waals surface area contributed by atoms with Crippen LogP contribution in [0.25, 0.3) is 0 Å². The fourth-order valence-corrected chi connectivity index (χ4v) is 4.35. The Hall–Kier alpha value is -0.610. The third kappa shape index (κ3) is 2.05. The molecule has 2 saturated carbocycles. The summed E-state index contributed by atoms with van der Waals surface area (Å²) in [5, 5.41) is 9.28. The van der Waals surface area contributed by atoms with Gasteiger partial charge in [0, 0.05) is 19.1 Å². The Morgan fingerprint density at radius 3 is 2.44 bits per heavy atom. The zero-order chi connectivity index (χ0) is 12.8. The normalized spacial score (nSPS) is 45.1. The van der Waals surface area contributed by atoms with Gasteiger partial charge in [-0.1, -0.05) is 6.42 Å². The average Bonchev–Trinajstić information content (AvgIpc) is 2.88. The second-order valence-electron chi connectivity index (χ2n) is 6.62. The van der Waals surface area contributed by atoms with Crippen molar-refractivity contribution in [3.05, 3.63) is 0 Å². The number of carboxylic acid groups (broad SMARTS) is 1. The largest absolute Gasteiger partial charge is 0.480 e. The molecule has 3 aliphatic rings. The van der Waals surface area contributed by atoms with E-state index >= 15 is 0 Å². The Kier molecular flexibility index (Phi) is 3.10. The number of aliphatic carboxylic acids is 1. The van der Waals surface area contributed by atoms with Gasteiger partial charge >= 0.3 is 5.97 Å². The van der Waals surface area contributed by atoms with E-state index in [0.29, 0.717) is 18.9 Å². The van der Waals surface area contributed by atoms with E-state index in [9.17, 15) is 9.90 Å². The first-order valence-electron chi connectivity index (χ1n) is 7.35. The smallest absolute Gasteiger partial charge is 0.323 e. The molecule has 0 aromatic rings. The summed E-state index contributed by atoms with van der Waals surface area (Å²) in [6.45, 7) is 2.37. The van der Waals surface area contributed by atoms with Crippen molar-refractivity contribution < 1.29 is 9.90 Å². The van der Waals surface area contributed by atoms with E-state index in [1.54, 1.807) is 0 Å². The van der Waals surface area contributed by atoms with E-state index in [-0.39, 0.29) is 0 Å². The third-order valence-corrected chi connectivity index (χ3v) is 5.46. The minimum absolute atomic E-state index is 0.408. The predicted octanol–water partition coefficient (Wildman–Crippen LogP) is 1.44. The van der Waals surface area contributed by atoms with Crippen molar-refractivity contribution in [3.8, 4) is 0 Å². The highest BCUT2D eigenvalue weighted by Crippen LogP contribution is 2.41. The topological polar surface area (TPSA) is 66.6 Å². The highest BCUT2D eigenvalue weighted by atomic mass is 16.4. The van der Waals surface area contributed by atoms with Gasteiger partial charge in [-0.3, -0.25) is 9.69 Å². The van der Waals surface area contributed by atoms with Gasteiger partial charge in [-0.2, -0.15) is 0 Å². The maximum Gasteiger partial charge on any atom is 0.323 e. The van der Waals surface area contributed by atoms with Crippen LogP contribution in [-0.4, -0.2) is 40.6 Å². The summed E-state index contributed by atoms with van der Waals surface area (Å²) in [4.78, 5) is 13.8. The summed E-state index contributed by atoms with van der Waals surface area (Å²) in [7, 11) is 0. The van der Waals surface area contributed by atoms with Crippen molar-refractivity contribution in [1.82, 2.24) is 4.90 Å². The molecule has 4 atom stereocenters. The van der Waals surface area contributed by atoms with E-state index in [0.717, 1.165) is 24.7 Å². The maximum absolute atomic E-state index is 11.3. The molecule has 102 valence electrons. The Morgan fingerprint density at radius 2 is 1.83 bits per heavy atom. The maximum atomic E-state index is 11.3. The van der Waals surface area contributed by atoms with Gasteiger partial charge in [-0.25, -0.2) is 0 Å². The average molecular weight is 252 g/mol. The predicted molar refractivity (Wildman–Crippen MR) is 69.2 cm³/mol. The molecule has 3 N–H and O–H groups in total. The van der Waals surface area contributed by atoms with Gasteiger partial charge in [0.25, 0.3) is 0 Å². The quantitative estimate of drug-likeness (QED) is 0.780. The van der Waals surface area contributed by atoms with Gasteiger partial charge in [0.2, 0.25) is 0 Å². The summed E-state index contributed by atoms with van der Waals surface area (Å²) in [5.74, 6) is 0.944. The Balaban J connectivity index is 1.65. The molecule has 0 radical (unpaired) electrons. The standard InChI is InChI=1S/C14H24N2O2/c15-14(13(17)18)6-2-5-12(7-14)16-8-10-3-1-4-11(10)9-16/h10-12H,1-9,15H2,(H,17,18). The van der Waals surface area contributed by atoms with Crippen molar-refractivity contribution >= 4 is 5.97 Å². The van der Waals surface area contributed by atoms with Crippen LogP contribution in [0.15, 0.2) is 0 Å². The molecule has 0 aromatic heterocycles. The highest BCUT2D eigenvalue weighted by molar-refractivity contribution is 5.78. The second kappa shape index (κ2) is 4.49. The molecule has 1 heterocycles. The molecule has 3 rings (SSSR count). The molecule has 1 aliphatic heterocycles. The summed E-state index contributed by atoms with van der Waals surface area (Å²) in [6.07, 6.45) is 7.51. The molecule has 3 fully saturated rings. The Bertz CT molecular complexity index is 335. The molecule has 0 bridgehead atoms. The fourth-order valence-electron chi connectivity index (χ4n) is 4.35. The molecule has 4 heteroatoms. The minimum Gasteiger partial charge on any atom is -0.480 e. The number of fused-ring (bicyclic) bond motifs is 1. The van der Waals surface area contributed by atoms with Crippen LogP contribution in [0.1, 0.15) is 44.9 Å². The van der Waals surface area contributed by atoms with E-state index in [2.05, 4.69) is 4.90 Å². The fraction of sp³-hybridized carbons (Fsp3) is 0.929. The number of likely N-dealkylation sites (tertiary alicyclic amines) is 1. The minimum atomic E-state index is -0.972. The van der Waals surface area contributed by atoms with Gasteiger partial charge in [0.05, 0.1) is 0 Å². The van der Waals surface area contributed by atoms with Gasteiger partial charge in [-0.05, 0) is 50.4 Å². The monoisotopic (exact) mass is 252 g/mol. The number of rotatable bonds is 2. The first kappa shape index (κ1) is 12.4. The molecule has 18 heavy (non-hydrogen) atoms. The number of hydrogen-bond acceptors (Lipinski definition) is 3. The van der Waals surface area contributed by atoms with Crippen molar-refractivity contribution in [2.24, 2.45) is 17.6 Å². The van der Waals surface area contributed by atoms with Gasteiger partial charge < -0.3 is 10.8 Å². The number of hydrogen-bond donors (Lipinski definition) is 2. The van der Waals surface area contributed by atoms with E-state index < -0.39 is 11.5 Å². The Labute approximate surface area is 109 Å². The first-order chi connectivity index (χ1) is 8.58. The Morgan fingerprint density at radius 1 is 1.17 bits per heavy atom. The van der Waals surface area contributed by atoms with Crippen LogP contribution in [0.5, 0.6) is 0 Å². The summed E-state index contributed by atoms with van der Waals surface area (Å²) in [5.41, 5.74) is 5.08.